The lowest BCUT2D eigenvalue weighted by molar-refractivity contribution is 0.0337. The first kappa shape index (κ1) is 11.9. The second-order valence-electron chi connectivity index (χ2n) is 4.05. The summed E-state index contributed by atoms with van der Waals surface area (Å²) in [7, 11) is 0. The van der Waals surface area contributed by atoms with Crippen molar-refractivity contribution < 1.29 is 14.9 Å². The van der Waals surface area contributed by atoms with Gasteiger partial charge in [0.15, 0.2) is 0 Å². The van der Waals surface area contributed by atoms with Crippen molar-refractivity contribution in [1.82, 2.24) is 0 Å². The molecular weight excluding hydrogens is 224 g/mol. The molecule has 4 heteroatoms. The summed E-state index contributed by atoms with van der Waals surface area (Å²) < 4.78 is 5.30. The molecule has 0 saturated carbocycles. The zero-order valence-electron chi connectivity index (χ0n) is 9.17. The van der Waals surface area contributed by atoms with Crippen LogP contribution >= 0.6 is 11.8 Å². The Kier molecular flexibility index (Phi) is 3.86. The first-order valence-electron chi connectivity index (χ1n) is 5.34. The maximum atomic E-state index is 9.59. The monoisotopic (exact) mass is 240 g/mol. The van der Waals surface area contributed by atoms with Gasteiger partial charge in [-0.25, -0.2) is 0 Å². The fourth-order valence-corrected chi connectivity index (χ4v) is 2.61. The molecule has 3 unspecified atom stereocenters. The maximum Gasteiger partial charge on any atom is 0.109 e. The highest BCUT2D eigenvalue weighted by atomic mass is 32.2. The minimum Gasteiger partial charge on any atom is -0.388 e. The van der Waals surface area contributed by atoms with Gasteiger partial charge in [0.1, 0.15) is 12.2 Å². The largest absolute Gasteiger partial charge is 0.388 e. The molecule has 3 nitrogen and oxygen atoms in total. The quantitative estimate of drug-likeness (QED) is 0.780. The number of hydrogen-bond acceptors (Lipinski definition) is 4. The van der Waals surface area contributed by atoms with Crippen molar-refractivity contribution in [2.45, 2.75) is 30.1 Å². The highest BCUT2D eigenvalue weighted by Gasteiger charge is 2.34. The Morgan fingerprint density at radius 1 is 1.31 bits per heavy atom. The molecule has 0 radical (unpaired) electrons. The van der Waals surface area contributed by atoms with E-state index in [-0.39, 0.29) is 12.7 Å². The minimum absolute atomic E-state index is 0.236. The summed E-state index contributed by atoms with van der Waals surface area (Å²) in [6, 6.07) is 8.22. The van der Waals surface area contributed by atoms with Crippen LogP contribution in [0.3, 0.4) is 0 Å². The van der Waals surface area contributed by atoms with Gasteiger partial charge < -0.3 is 14.9 Å². The van der Waals surface area contributed by atoms with Crippen LogP contribution in [-0.4, -0.2) is 40.9 Å². The molecule has 0 aromatic heterocycles. The van der Waals surface area contributed by atoms with Crippen molar-refractivity contribution in [2.24, 2.45) is 0 Å². The second kappa shape index (κ2) is 5.19. The molecule has 16 heavy (non-hydrogen) atoms. The Bertz CT molecular complexity index is 339. The average Bonchev–Trinajstić information content (AvgIpc) is 2.60. The standard InChI is InChI=1S/C12H16O3S/c1-8-2-4-9(5-3-8)16-7-11-12(14)10(13)6-15-11/h2-5,10-14H,6-7H2,1H3. The third kappa shape index (κ3) is 2.77. The topological polar surface area (TPSA) is 49.7 Å². The molecule has 0 aliphatic carbocycles. The highest BCUT2D eigenvalue weighted by Crippen LogP contribution is 2.24. The summed E-state index contributed by atoms with van der Waals surface area (Å²) in [6.07, 6.45) is -1.75. The van der Waals surface area contributed by atoms with Gasteiger partial charge in [-0.2, -0.15) is 0 Å². The molecule has 1 aromatic rings. The zero-order valence-corrected chi connectivity index (χ0v) is 9.98. The molecule has 0 amide bonds. The number of benzene rings is 1. The van der Waals surface area contributed by atoms with Crippen LogP contribution in [-0.2, 0) is 4.74 Å². The summed E-state index contributed by atoms with van der Waals surface area (Å²) in [6.45, 7) is 2.29. The molecule has 3 atom stereocenters. The normalized spacial score (nSPS) is 29.6. The van der Waals surface area contributed by atoms with Crippen molar-refractivity contribution >= 4 is 11.8 Å². The highest BCUT2D eigenvalue weighted by molar-refractivity contribution is 7.99. The van der Waals surface area contributed by atoms with Gasteiger partial charge in [0, 0.05) is 10.6 Å². The SMILES string of the molecule is Cc1ccc(SCC2OCC(O)C2O)cc1. The average molecular weight is 240 g/mol. The van der Waals surface area contributed by atoms with E-state index in [1.807, 2.05) is 0 Å². The minimum atomic E-state index is -0.752. The molecule has 2 rings (SSSR count). The summed E-state index contributed by atoms with van der Waals surface area (Å²) in [4.78, 5) is 1.16. The summed E-state index contributed by atoms with van der Waals surface area (Å²) in [5.41, 5.74) is 1.23. The van der Waals surface area contributed by atoms with Crippen molar-refractivity contribution in [3.05, 3.63) is 29.8 Å². The smallest absolute Gasteiger partial charge is 0.109 e. The van der Waals surface area contributed by atoms with Gasteiger partial charge in [-0.1, -0.05) is 17.7 Å². The Balaban J connectivity index is 1.86. The van der Waals surface area contributed by atoms with Crippen LogP contribution in [0.25, 0.3) is 0 Å². The predicted molar refractivity (Wildman–Crippen MR) is 63.7 cm³/mol. The Labute approximate surface area is 99.4 Å². The predicted octanol–water partition coefficient (Wildman–Crippen LogP) is 1.21. The van der Waals surface area contributed by atoms with Crippen LogP contribution in [0, 0.1) is 6.92 Å². The van der Waals surface area contributed by atoms with Gasteiger partial charge in [0.05, 0.1) is 12.7 Å². The lowest BCUT2D eigenvalue weighted by Gasteiger charge is -2.14. The number of ether oxygens (including phenoxy) is 1. The maximum absolute atomic E-state index is 9.59. The van der Waals surface area contributed by atoms with Crippen molar-refractivity contribution in [3.63, 3.8) is 0 Å². The van der Waals surface area contributed by atoms with Gasteiger partial charge in [0.25, 0.3) is 0 Å². The van der Waals surface area contributed by atoms with E-state index in [2.05, 4.69) is 31.2 Å². The van der Waals surface area contributed by atoms with Crippen LogP contribution < -0.4 is 0 Å². The van der Waals surface area contributed by atoms with Gasteiger partial charge >= 0.3 is 0 Å². The molecular formula is C12H16O3S. The van der Waals surface area contributed by atoms with E-state index in [9.17, 15) is 10.2 Å². The number of aliphatic hydroxyl groups excluding tert-OH is 2. The second-order valence-corrected chi connectivity index (χ2v) is 5.15. The summed E-state index contributed by atoms with van der Waals surface area (Å²) in [5, 5.41) is 18.9. The number of hydrogen-bond donors (Lipinski definition) is 2. The molecule has 0 bridgehead atoms. The molecule has 1 aliphatic rings. The fraction of sp³-hybridized carbons (Fsp3) is 0.500. The molecule has 0 spiro atoms. The van der Waals surface area contributed by atoms with Crippen molar-refractivity contribution in [1.29, 1.82) is 0 Å². The zero-order chi connectivity index (χ0) is 11.5. The number of rotatable bonds is 3. The van der Waals surface area contributed by atoms with Crippen LogP contribution in [0.2, 0.25) is 0 Å². The Morgan fingerprint density at radius 2 is 2.00 bits per heavy atom. The van der Waals surface area contributed by atoms with E-state index in [1.54, 1.807) is 11.8 Å². The molecule has 88 valence electrons. The van der Waals surface area contributed by atoms with E-state index in [4.69, 9.17) is 4.74 Å². The molecule has 1 fully saturated rings. The van der Waals surface area contributed by atoms with E-state index in [0.29, 0.717) is 5.75 Å². The molecule has 1 aliphatic heterocycles. The lowest BCUT2D eigenvalue weighted by Crippen LogP contribution is -2.31. The summed E-state index contributed by atoms with van der Waals surface area (Å²) >= 11 is 1.64. The number of aryl methyl sites for hydroxylation is 1. The van der Waals surface area contributed by atoms with Crippen LogP contribution in [0.4, 0.5) is 0 Å². The molecule has 2 N–H and O–H groups in total. The van der Waals surface area contributed by atoms with Crippen LogP contribution in [0.15, 0.2) is 29.2 Å². The first-order valence-corrected chi connectivity index (χ1v) is 6.32. The third-order valence-corrected chi connectivity index (χ3v) is 3.79. The first-order chi connectivity index (χ1) is 7.66. The third-order valence-electron chi connectivity index (χ3n) is 2.69. The van der Waals surface area contributed by atoms with E-state index < -0.39 is 12.2 Å². The van der Waals surface area contributed by atoms with E-state index in [1.165, 1.54) is 5.56 Å². The van der Waals surface area contributed by atoms with Gasteiger partial charge in [-0.05, 0) is 19.1 Å². The Morgan fingerprint density at radius 3 is 2.56 bits per heavy atom. The van der Waals surface area contributed by atoms with Crippen LogP contribution in [0.5, 0.6) is 0 Å². The van der Waals surface area contributed by atoms with Crippen molar-refractivity contribution in [3.8, 4) is 0 Å². The van der Waals surface area contributed by atoms with E-state index in [0.717, 1.165) is 4.90 Å². The number of thioether (sulfide) groups is 1. The summed E-state index contributed by atoms with van der Waals surface area (Å²) in [5.74, 6) is 0.668. The fourth-order valence-electron chi connectivity index (χ4n) is 1.63. The van der Waals surface area contributed by atoms with Crippen molar-refractivity contribution in [2.75, 3.05) is 12.4 Å². The molecule has 1 heterocycles. The van der Waals surface area contributed by atoms with Gasteiger partial charge in [-0.15, -0.1) is 11.8 Å². The number of aliphatic hydroxyl groups is 2. The van der Waals surface area contributed by atoms with Gasteiger partial charge in [0.2, 0.25) is 0 Å². The van der Waals surface area contributed by atoms with Crippen LogP contribution in [0.1, 0.15) is 5.56 Å². The lowest BCUT2D eigenvalue weighted by atomic mass is 10.2. The Hall–Kier alpha value is -0.550. The molecule has 1 aromatic carbocycles. The van der Waals surface area contributed by atoms with Gasteiger partial charge in [-0.3, -0.25) is 0 Å². The van der Waals surface area contributed by atoms with E-state index >= 15 is 0 Å². The molecule has 1 saturated heterocycles.